The number of rotatable bonds is 4. The molecule has 2 rings (SSSR count). The van der Waals surface area contributed by atoms with E-state index in [-0.39, 0.29) is 6.10 Å². The molecule has 0 spiro atoms. The van der Waals surface area contributed by atoms with Crippen molar-refractivity contribution in [3.63, 3.8) is 0 Å². The minimum atomic E-state index is 0.238. The zero-order valence-corrected chi connectivity index (χ0v) is 10.2. The summed E-state index contributed by atoms with van der Waals surface area (Å²) in [5, 5.41) is 1.55. The number of pyridine rings is 1. The fourth-order valence-corrected chi connectivity index (χ4v) is 2.05. The summed E-state index contributed by atoms with van der Waals surface area (Å²) in [6, 6.07) is 3.97. The third-order valence-corrected chi connectivity index (χ3v) is 3.14. The minimum absolute atomic E-state index is 0.238. The molecule has 1 atom stereocenters. The smallest absolute Gasteiger partial charge is 0.138 e. The predicted molar refractivity (Wildman–Crippen MR) is 65.8 cm³/mol. The number of fused-ring (bicyclic) bond motifs is 1. The number of hydrogen-bond acceptors (Lipinski definition) is 2. The van der Waals surface area contributed by atoms with Gasteiger partial charge in [0.2, 0.25) is 0 Å². The molecule has 0 aromatic carbocycles. The van der Waals surface area contributed by atoms with Crippen LogP contribution in [0.3, 0.4) is 0 Å². The summed E-state index contributed by atoms with van der Waals surface area (Å²) in [7, 11) is 1.74. The zero-order valence-electron chi connectivity index (χ0n) is 9.48. The standard InChI is InChI=1S/C12H15ClN2O/c1-3-9(16-2)8-15-7-5-10-11(15)4-6-14-12(10)13/h4-7,9H,3,8H2,1-2H3. The van der Waals surface area contributed by atoms with Crippen LogP contribution in [0, 0.1) is 0 Å². The Kier molecular flexibility index (Phi) is 3.46. The largest absolute Gasteiger partial charge is 0.380 e. The molecule has 2 heterocycles. The summed E-state index contributed by atoms with van der Waals surface area (Å²) >= 11 is 6.02. The van der Waals surface area contributed by atoms with E-state index in [1.165, 1.54) is 0 Å². The molecule has 1 unspecified atom stereocenters. The Labute approximate surface area is 100.0 Å². The summed E-state index contributed by atoms with van der Waals surface area (Å²) in [4.78, 5) is 4.06. The molecule has 16 heavy (non-hydrogen) atoms. The van der Waals surface area contributed by atoms with Crippen molar-refractivity contribution in [1.29, 1.82) is 0 Å². The quantitative estimate of drug-likeness (QED) is 0.766. The first kappa shape index (κ1) is 11.4. The highest BCUT2D eigenvalue weighted by Gasteiger charge is 2.09. The Bertz CT molecular complexity index is 477. The minimum Gasteiger partial charge on any atom is -0.380 e. The summed E-state index contributed by atoms with van der Waals surface area (Å²) in [5.74, 6) is 0. The van der Waals surface area contributed by atoms with E-state index in [4.69, 9.17) is 16.3 Å². The highest BCUT2D eigenvalue weighted by Crippen LogP contribution is 2.22. The number of aromatic nitrogens is 2. The summed E-state index contributed by atoms with van der Waals surface area (Å²) in [6.45, 7) is 2.96. The van der Waals surface area contributed by atoms with Crippen LogP contribution in [0.1, 0.15) is 13.3 Å². The molecule has 0 N–H and O–H groups in total. The van der Waals surface area contributed by atoms with Crippen molar-refractivity contribution in [2.24, 2.45) is 0 Å². The first-order valence-electron chi connectivity index (χ1n) is 5.38. The van der Waals surface area contributed by atoms with E-state index in [0.717, 1.165) is 23.9 Å². The molecule has 3 nitrogen and oxygen atoms in total. The van der Waals surface area contributed by atoms with Crippen molar-refractivity contribution in [1.82, 2.24) is 9.55 Å². The molecular weight excluding hydrogens is 224 g/mol. The first-order valence-corrected chi connectivity index (χ1v) is 5.76. The Morgan fingerprint density at radius 2 is 2.31 bits per heavy atom. The molecule has 4 heteroatoms. The van der Waals surface area contributed by atoms with Crippen molar-refractivity contribution in [3.8, 4) is 0 Å². The maximum absolute atomic E-state index is 6.02. The van der Waals surface area contributed by atoms with E-state index in [9.17, 15) is 0 Å². The van der Waals surface area contributed by atoms with Crippen LogP contribution in [-0.2, 0) is 11.3 Å². The lowest BCUT2D eigenvalue weighted by atomic mass is 10.2. The van der Waals surface area contributed by atoms with Crippen molar-refractivity contribution in [2.75, 3.05) is 7.11 Å². The van der Waals surface area contributed by atoms with E-state index in [1.54, 1.807) is 13.3 Å². The van der Waals surface area contributed by atoms with E-state index in [0.29, 0.717) is 5.15 Å². The summed E-state index contributed by atoms with van der Waals surface area (Å²) < 4.78 is 7.54. The number of halogens is 1. The van der Waals surface area contributed by atoms with E-state index >= 15 is 0 Å². The van der Waals surface area contributed by atoms with Gasteiger partial charge in [-0.15, -0.1) is 0 Å². The molecule has 0 aliphatic rings. The van der Waals surface area contributed by atoms with Gasteiger partial charge in [-0.1, -0.05) is 18.5 Å². The Morgan fingerprint density at radius 3 is 3.00 bits per heavy atom. The molecular formula is C12H15ClN2O. The molecule has 0 aliphatic carbocycles. The maximum Gasteiger partial charge on any atom is 0.138 e. The third-order valence-electron chi connectivity index (χ3n) is 2.84. The van der Waals surface area contributed by atoms with Crippen molar-refractivity contribution >= 4 is 22.5 Å². The molecule has 0 bridgehead atoms. The second-order valence-corrected chi connectivity index (χ2v) is 4.13. The lowest BCUT2D eigenvalue weighted by Crippen LogP contribution is -2.16. The van der Waals surface area contributed by atoms with Crippen LogP contribution in [0.2, 0.25) is 5.15 Å². The highest BCUT2D eigenvalue weighted by atomic mass is 35.5. The number of hydrogen-bond donors (Lipinski definition) is 0. The van der Waals surface area contributed by atoms with Gasteiger partial charge in [0.15, 0.2) is 0 Å². The van der Waals surface area contributed by atoms with Gasteiger partial charge in [-0.05, 0) is 18.6 Å². The number of ether oxygens (including phenoxy) is 1. The van der Waals surface area contributed by atoms with Crippen molar-refractivity contribution in [3.05, 3.63) is 29.7 Å². The van der Waals surface area contributed by atoms with Crippen LogP contribution in [0.5, 0.6) is 0 Å². The number of nitrogens with zero attached hydrogens (tertiary/aromatic N) is 2. The predicted octanol–water partition coefficient (Wildman–Crippen LogP) is 3.11. The molecule has 0 saturated heterocycles. The van der Waals surface area contributed by atoms with Crippen LogP contribution in [0.25, 0.3) is 10.9 Å². The summed E-state index contributed by atoms with van der Waals surface area (Å²) in [6.07, 6.45) is 4.99. The van der Waals surface area contributed by atoms with E-state index in [1.807, 2.05) is 18.3 Å². The Morgan fingerprint density at radius 1 is 1.50 bits per heavy atom. The molecule has 86 valence electrons. The molecule has 2 aromatic rings. The second-order valence-electron chi connectivity index (χ2n) is 3.77. The second kappa shape index (κ2) is 4.85. The maximum atomic E-state index is 6.02. The van der Waals surface area contributed by atoms with Gasteiger partial charge in [0.05, 0.1) is 11.6 Å². The lowest BCUT2D eigenvalue weighted by molar-refractivity contribution is 0.0857. The molecule has 0 radical (unpaired) electrons. The van der Waals surface area contributed by atoms with Gasteiger partial charge in [0, 0.05) is 31.4 Å². The average Bonchev–Trinajstić information content (AvgIpc) is 2.71. The monoisotopic (exact) mass is 238 g/mol. The van der Waals surface area contributed by atoms with Crippen LogP contribution in [0.15, 0.2) is 24.5 Å². The third kappa shape index (κ3) is 2.06. The van der Waals surface area contributed by atoms with Gasteiger partial charge in [-0.3, -0.25) is 0 Å². The Hall–Kier alpha value is -1.06. The molecule has 0 aliphatic heterocycles. The lowest BCUT2D eigenvalue weighted by Gasteiger charge is -2.14. The topological polar surface area (TPSA) is 27.1 Å². The van der Waals surface area contributed by atoms with Gasteiger partial charge >= 0.3 is 0 Å². The fraction of sp³-hybridized carbons (Fsp3) is 0.417. The van der Waals surface area contributed by atoms with Gasteiger partial charge in [-0.2, -0.15) is 0 Å². The van der Waals surface area contributed by atoms with Gasteiger partial charge < -0.3 is 9.30 Å². The Balaban J connectivity index is 2.35. The fourth-order valence-electron chi connectivity index (χ4n) is 1.84. The number of methoxy groups -OCH3 is 1. The first-order chi connectivity index (χ1) is 7.76. The van der Waals surface area contributed by atoms with Gasteiger partial charge in [0.1, 0.15) is 5.15 Å². The van der Waals surface area contributed by atoms with Crippen LogP contribution in [-0.4, -0.2) is 22.8 Å². The van der Waals surface area contributed by atoms with Crippen molar-refractivity contribution in [2.45, 2.75) is 26.0 Å². The van der Waals surface area contributed by atoms with E-state index in [2.05, 4.69) is 16.5 Å². The SMILES string of the molecule is CCC(Cn1ccc2c(Cl)nccc21)OC. The van der Waals surface area contributed by atoms with E-state index < -0.39 is 0 Å². The van der Waals surface area contributed by atoms with Crippen LogP contribution in [0.4, 0.5) is 0 Å². The highest BCUT2D eigenvalue weighted by molar-refractivity contribution is 6.34. The normalized spacial score (nSPS) is 13.2. The molecule has 0 saturated carbocycles. The summed E-state index contributed by atoms with van der Waals surface area (Å²) in [5.41, 5.74) is 1.11. The molecule has 0 amide bonds. The average molecular weight is 239 g/mol. The van der Waals surface area contributed by atoms with Gasteiger partial charge in [0.25, 0.3) is 0 Å². The van der Waals surface area contributed by atoms with Crippen molar-refractivity contribution < 1.29 is 4.74 Å². The molecule has 2 aromatic heterocycles. The van der Waals surface area contributed by atoms with Crippen LogP contribution < -0.4 is 0 Å². The molecule has 0 fully saturated rings. The zero-order chi connectivity index (χ0) is 11.5. The van der Waals surface area contributed by atoms with Gasteiger partial charge in [-0.25, -0.2) is 4.98 Å². The van der Waals surface area contributed by atoms with Crippen LogP contribution >= 0.6 is 11.6 Å².